The maximum atomic E-state index is 11.1. The second kappa shape index (κ2) is 6.57. The average Bonchev–Trinajstić information content (AvgIpc) is 2.64. The molecule has 0 saturated heterocycles. The molecule has 0 aromatic carbocycles. The third-order valence-corrected chi connectivity index (χ3v) is 4.73. The van der Waals surface area contributed by atoms with Gasteiger partial charge in [0.2, 0.25) is 10.0 Å². The number of hydrogen-bond donors (Lipinski definition) is 2. The zero-order valence-electron chi connectivity index (χ0n) is 10.3. The van der Waals surface area contributed by atoms with Gasteiger partial charge in [0.05, 0.1) is 5.75 Å². The smallest absolute Gasteiger partial charge is 0.211 e. The Balaban J connectivity index is 2.04. The third-order valence-electron chi connectivity index (χ3n) is 3.32. The molecule has 16 heavy (non-hydrogen) atoms. The van der Waals surface area contributed by atoms with Gasteiger partial charge in [-0.25, -0.2) is 13.1 Å². The SMILES string of the molecule is CCS(=O)(=O)NCCCNC1CCCC1C. The first-order chi connectivity index (χ1) is 7.55. The molecular formula is C11H24N2O2S. The molecule has 4 nitrogen and oxygen atoms in total. The van der Waals surface area contributed by atoms with Crippen molar-refractivity contribution in [3.63, 3.8) is 0 Å². The second-order valence-corrected chi connectivity index (χ2v) is 6.72. The maximum Gasteiger partial charge on any atom is 0.211 e. The van der Waals surface area contributed by atoms with Gasteiger partial charge in [0.25, 0.3) is 0 Å². The van der Waals surface area contributed by atoms with Crippen LogP contribution in [0.15, 0.2) is 0 Å². The number of nitrogens with one attached hydrogen (secondary N) is 2. The molecule has 2 atom stereocenters. The van der Waals surface area contributed by atoms with E-state index in [1.807, 2.05) is 0 Å². The molecule has 1 aliphatic carbocycles. The Morgan fingerprint density at radius 2 is 2.00 bits per heavy atom. The first-order valence-electron chi connectivity index (χ1n) is 6.26. The summed E-state index contributed by atoms with van der Waals surface area (Å²) in [6.45, 7) is 5.39. The highest BCUT2D eigenvalue weighted by molar-refractivity contribution is 7.89. The molecule has 1 rings (SSSR count). The largest absolute Gasteiger partial charge is 0.314 e. The van der Waals surface area contributed by atoms with E-state index in [2.05, 4.69) is 17.0 Å². The van der Waals surface area contributed by atoms with Crippen LogP contribution in [0.1, 0.15) is 39.5 Å². The van der Waals surface area contributed by atoms with Gasteiger partial charge in [-0.2, -0.15) is 0 Å². The monoisotopic (exact) mass is 248 g/mol. The molecule has 0 bridgehead atoms. The highest BCUT2D eigenvalue weighted by Crippen LogP contribution is 2.24. The molecule has 2 unspecified atom stereocenters. The summed E-state index contributed by atoms with van der Waals surface area (Å²) in [5.41, 5.74) is 0. The molecule has 0 aromatic rings. The van der Waals surface area contributed by atoms with Crippen LogP contribution in [0.5, 0.6) is 0 Å². The van der Waals surface area contributed by atoms with Gasteiger partial charge < -0.3 is 5.32 Å². The molecule has 0 aliphatic heterocycles. The maximum absolute atomic E-state index is 11.1. The van der Waals surface area contributed by atoms with Crippen LogP contribution in [-0.2, 0) is 10.0 Å². The van der Waals surface area contributed by atoms with Gasteiger partial charge in [-0.1, -0.05) is 13.3 Å². The normalized spacial score (nSPS) is 26.1. The van der Waals surface area contributed by atoms with Gasteiger partial charge in [0.1, 0.15) is 0 Å². The molecule has 2 N–H and O–H groups in total. The van der Waals surface area contributed by atoms with Crippen LogP contribution in [-0.4, -0.2) is 33.3 Å². The fraction of sp³-hybridized carbons (Fsp3) is 1.00. The Labute approximate surface area is 99.2 Å². The molecule has 0 aromatic heterocycles. The first-order valence-corrected chi connectivity index (χ1v) is 7.91. The lowest BCUT2D eigenvalue weighted by atomic mass is 10.1. The Morgan fingerprint density at radius 3 is 2.56 bits per heavy atom. The summed E-state index contributed by atoms with van der Waals surface area (Å²) in [7, 11) is -3.01. The zero-order chi connectivity index (χ0) is 12.0. The van der Waals surface area contributed by atoms with Crippen LogP contribution in [0.4, 0.5) is 0 Å². The number of sulfonamides is 1. The van der Waals surface area contributed by atoms with Crippen LogP contribution in [0.3, 0.4) is 0 Å². The molecule has 0 heterocycles. The van der Waals surface area contributed by atoms with Crippen molar-refractivity contribution in [1.29, 1.82) is 0 Å². The third kappa shape index (κ3) is 4.80. The Hall–Kier alpha value is -0.130. The lowest BCUT2D eigenvalue weighted by molar-refractivity contribution is 0.424. The molecule has 1 saturated carbocycles. The molecule has 1 aliphatic rings. The Kier molecular flexibility index (Phi) is 5.72. The molecule has 96 valence electrons. The van der Waals surface area contributed by atoms with Gasteiger partial charge in [-0.05, 0) is 38.6 Å². The van der Waals surface area contributed by atoms with E-state index in [0.29, 0.717) is 12.6 Å². The van der Waals surface area contributed by atoms with Gasteiger partial charge in [-0.3, -0.25) is 0 Å². The highest BCUT2D eigenvalue weighted by atomic mass is 32.2. The average molecular weight is 248 g/mol. The Morgan fingerprint density at radius 1 is 1.25 bits per heavy atom. The van der Waals surface area contributed by atoms with Crippen LogP contribution in [0.25, 0.3) is 0 Å². The van der Waals surface area contributed by atoms with E-state index in [-0.39, 0.29) is 5.75 Å². The van der Waals surface area contributed by atoms with Crippen molar-refractivity contribution >= 4 is 10.0 Å². The van der Waals surface area contributed by atoms with Gasteiger partial charge >= 0.3 is 0 Å². The fourth-order valence-electron chi connectivity index (χ4n) is 2.15. The van der Waals surface area contributed by atoms with Crippen molar-refractivity contribution in [3.05, 3.63) is 0 Å². The number of rotatable bonds is 7. The van der Waals surface area contributed by atoms with Crippen molar-refractivity contribution in [2.45, 2.75) is 45.6 Å². The lowest BCUT2D eigenvalue weighted by Gasteiger charge is -2.17. The van der Waals surface area contributed by atoms with Crippen molar-refractivity contribution in [2.24, 2.45) is 5.92 Å². The summed E-state index contributed by atoms with van der Waals surface area (Å²) >= 11 is 0. The van der Waals surface area contributed by atoms with E-state index in [1.165, 1.54) is 19.3 Å². The van der Waals surface area contributed by atoms with Crippen LogP contribution < -0.4 is 10.0 Å². The summed E-state index contributed by atoms with van der Waals surface area (Å²) in [5.74, 6) is 0.937. The minimum atomic E-state index is -3.01. The predicted molar refractivity (Wildman–Crippen MR) is 66.9 cm³/mol. The van der Waals surface area contributed by atoms with Crippen LogP contribution in [0, 0.1) is 5.92 Å². The summed E-state index contributed by atoms with van der Waals surface area (Å²) in [6, 6.07) is 0.641. The first kappa shape index (κ1) is 13.9. The summed E-state index contributed by atoms with van der Waals surface area (Å²) in [4.78, 5) is 0. The van der Waals surface area contributed by atoms with Crippen LogP contribution in [0.2, 0.25) is 0 Å². The van der Waals surface area contributed by atoms with E-state index < -0.39 is 10.0 Å². The van der Waals surface area contributed by atoms with Gasteiger partial charge in [0.15, 0.2) is 0 Å². The summed E-state index contributed by atoms with van der Waals surface area (Å²) < 4.78 is 24.9. The Bertz CT molecular complexity index is 290. The van der Waals surface area contributed by atoms with E-state index in [9.17, 15) is 8.42 Å². The van der Waals surface area contributed by atoms with E-state index in [4.69, 9.17) is 0 Å². The van der Waals surface area contributed by atoms with Gasteiger partial charge in [-0.15, -0.1) is 0 Å². The fourth-order valence-corrected chi connectivity index (χ4v) is 2.81. The van der Waals surface area contributed by atoms with E-state index >= 15 is 0 Å². The predicted octanol–water partition coefficient (Wildman–Crippen LogP) is 1.09. The second-order valence-electron chi connectivity index (χ2n) is 4.62. The van der Waals surface area contributed by atoms with E-state index in [0.717, 1.165) is 18.9 Å². The van der Waals surface area contributed by atoms with Crippen molar-refractivity contribution in [1.82, 2.24) is 10.0 Å². The van der Waals surface area contributed by atoms with Crippen LogP contribution >= 0.6 is 0 Å². The molecule has 5 heteroatoms. The quantitative estimate of drug-likeness (QED) is 0.663. The van der Waals surface area contributed by atoms with Gasteiger partial charge in [0, 0.05) is 12.6 Å². The summed E-state index contributed by atoms with van der Waals surface area (Å²) in [6.07, 6.45) is 4.77. The molecule has 0 spiro atoms. The van der Waals surface area contributed by atoms with Crippen molar-refractivity contribution in [3.8, 4) is 0 Å². The topological polar surface area (TPSA) is 58.2 Å². The van der Waals surface area contributed by atoms with Crippen molar-refractivity contribution in [2.75, 3.05) is 18.8 Å². The molecular weight excluding hydrogens is 224 g/mol. The number of hydrogen-bond acceptors (Lipinski definition) is 3. The lowest BCUT2D eigenvalue weighted by Crippen LogP contribution is -2.34. The minimum absolute atomic E-state index is 0.167. The summed E-state index contributed by atoms with van der Waals surface area (Å²) in [5, 5.41) is 3.50. The molecule has 0 radical (unpaired) electrons. The minimum Gasteiger partial charge on any atom is -0.314 e. The van der Waals surface area contributed by atoms with E-state index in [1.54, 1.807) is 6.92 Å². The standard InChI is InChI=1S/C11H24N2O2S/c1-3-16(14,15)13-9-5-8-12-11-7-4-6-10(11)2/h10-13H,3-9H2,1-2H3. The molecule has 1 fully saturated rings. The zero-order valence-corrected chi connectivity index (χ0v) is 11.1. The molecule has 0 amide bonds. The highest BCUT2D eigenvalue weighted by Gasteiger charge is 2.21. The van der Waals surface area contributed by atoms with Crippen molar-refractivity contribution < 1.29 is 8.42 Å².